The van der Waals surface area contributed by atoms with E-state index in [9.17, 15) is 8.42 Å². The van der Waals surface area contributed by atoms with Crippen molar-refractivity contribution in [2.75, 3.05) is 40.3 Å². The third-order valence-electron chi connectivity index (χ3n) is 3.72. The lowest BCUT2D eigenvalue weighted by Gasteiger charge is -2.31. The van der Waals surface area contributed by atoms with Crippen molar-refractivity contribution < 1.29 is 13.2 Å². The molecular weight excluding hydrogens is 276 g/mol. The molecule has 0 aliphatic carbocycles. The average molecular weight is 298 g/mol. The highest BCUT2D eigenvalue weighted by molar-refractivity contribution is 7.89. The fourth-order valence-electron chi connectivity index (χ4n) is 2.31. The second kappa shape index (κ2) is 6.11. The monoisotopic (exact) mass is 298 g/mol. The van der Waals surface area contributed by atoms with Crippen LogP contribution in [0.4, 0.5) is 0 Å². The van der Waals surface area contributed by atoms with E-state index in [1.54, 1.807) is 6.07 Å². The first-order valence-electron chi connectivity index (χ1n) is 6.84. The lowest BCUT2D eigenvalue weighted by Crippen LogP contribution is -2.47. The van der Waals surface area contributed by atoms with Gasteiger partial charge in [-0.15, -0.1) is 0 Å². The van der Waals surface area contributed by atoms with Gasteiger partial charge >= 0.3 is 0 Å². The van der Waals surface area contributed by atoms with Gasteiger partial charge in [-0.25, -0.2) is 8.42 Å². The molecule has 0 atom stereocenters. The van der Waals surface area contributed by atoms with E-state index < -0.39 is 10.0 Å². The summed E-state index contributed by atoms with van der Waals surface area (Å²) in [6.45, 7) is 4.60. The first-order valence-corrected chi connectivity index (χ1v) is 8.28. The van der Waals surface area contributed by atoms with Gasteiger partial charge in [0.15, 0.2) is 0 Å². The summed E-state index contributed by atoms with van der Waals surface area (Å²) in [6, 6.07) is 5.32. The molecule has 1 aliphatic heterocycles. The van der Waals surface area contributed by atoms with Crippen LogP contribution < -0.4 is 4.74 Å². The molecule has 1 aliphatic rings. The summed E-state index contributed by atoms with van der Waals surface area (Å²) in [5.41, 5.74) is 1.07. The van der Waals surface area contributed by atoms with Gasteiger partial charge < -0.3 is 9.64 Å². The van der Waals surface area contributed by atoms with E-state index in [-0.39, 0.29) is 4.90 Å². The molecule has 0 aromatic heterocycles. The number of ether oxygens (including phenoxy) is 1. The predicted octanol–water partition coefficient (Wildman–Crippen LogP) is 1.19. The predicted molar refractivity (Wildman–Crippen MR) is 78.6 cm³/mol. The number of methoxy groups -OCH3 is 1. The van der Waals surface area contributed by atoms with Gasteiger partial charge in [-0.1, -0.05) is 13.0 Å². The summed E-state index contributed by atoms with van der Waals surface area (Å²) in [5.74, 6) is 0.434. The molecule has 2 rings (SSSR count). The van der Waals surface area contributed by atoms with Crippen molar-refractivity contribution in [1.82, 2.24) is 9.21 Å². The second-order valence-electron chi connectivity index (χ2n) is 5.05. The Morgan fingerprint density at radius 3 is 2.40 bits per heavy atom. The fraction of sp³-hybridized carbons (Fsp3) is 0.571. The highest BCUT2D eigenvalue weighted by Gasteiger charge is 2.29. The fourth-order valence-corrected chi connectivity index (χ4v) is 3.87. The van der Waals surface area contributed by atoms with Gasteiger partial charge in [0.2, 0.25) is 10.0 Å². The Balaban J connectivity index is 2.34. The van der Waals surface area contributed by atoms with E-state index >= 15 is 0 Å². The number of benzene rings is 1. The second-order valence-corrected chi connectivity index (χ2v) is 6.95. The summed E-state index contributed by atoms with van der Waals surface area (Å²) >= 11 is 0. The molecule has 112 valence electrons. The van der Waals surface area contributed by atoms with Crippen molar-refractivity contribution in [3.8, 4) is 5.75 Å². The number of likely N-dealkylation sites (N-methyl/N-ethyl adjacent to an activating group) is 1. The van der Waals surface area contributed by atoms with Crippen LogP contribution in [0.1, 0.15) is 12.5 Å². The van der Waals surface area contributed by atoms with Crippen molar-refractivity contribution in [1.29, 1.82) is 0 Å². The van der Waals surface area contributed by atoms with E-state index in [1.165, 1.54) is 11.4 Å². The molecule has 5 nitrogen and oxygen atoms in total. The maximum atomic E-state index is 12.7. The number of sulfonamides is 1. The molecule has 0 N–H and O–H groups in total. The van der Waals surface area contributed by atoms with Crippen molar-refractivity contribution >= 4 is 10.0 Å². The van der Waals surface area contributed by atoms with Crippen LogP contribution in [-0.4, -0.2) is 58.0 Å². The Morgan fingerprint density at radius 2 is 1.85 bits per heavy atom. The largest absolute Gasteiger partial charge is 0.495 e. The summed E-state index contributed by atoms with van der Waals surface area (Å²) < 4.78 is 32.2. The van der Waals surface area contributed by atoms with Crippen molar-refractivity contribution in [2.45, 2.75) is 18.2 Å². The number of nitrogens with zero attached hydrogens (tertiary/aromatic N) is 2. The normalized spacial score (nSPS) is 18.1. The van der Waals surface area contributed by atoms with Gasteiger partial charge in [-0.2, -0.15) is 4.31 Å². The minimum atomic E-state index is -3.47. The number of piperazine rings is 1. The lowest BCUT2D eigenvalue weighted by atomic mass is 10.2. The zero-order valence-corrected chi connectivity index (χ0v) is 13.1. The molecule has 0 saturated carbocycles. The molecule has 0 spiro atoms. The van der Waals surface area contributed by atoms with Crippen LogP contribution in [0.3, 0.4) is 0 Å². The third-order valence-corrected chi connectivity index (χ3v) is 5.65. The number of hydrogen-bond donors (Lipinski definition) is 0. The number of hydrogen-bond acceptors (Lipinski definition) is 4. The van der Waals surface area contributed by atoms with Crippen molar-refractivity contribution in [3.63, 3.8) is 0 Å². The Labute approximate surface area is 121 Å². The lowest BCUT2D eigenvalue weighted by molar-refractivity contribution is 0.222. The van der Waals surface area contributed by atoms with Gasteiger partial charge in [0.05, 0.1) is 7.11 Å². The van der Waals surface area contributed by atoms with Crippen LogP contribution in [0, 0.1) is 0 Å². The average Bonchev–Trinajstić information content (AvgIpc) is 2.46. The minimum absolute atomic E-state index is 0.266. The molecule has 1 aromatic rings. The maximum absolute atomic E-state index is 12.7. The summed E-state index contributed by atoms with van der Waals surface area (Å²) in [6.07, 6.45) is 0.852. The quantitative estimate of drug-likeness (QED) is 0.838. The molecule has 0 bridgehead atoms. The Hall–Kier alpha value is -1.11. The Morgan fingerprint density at radius 1 is 1.20 bits per heavy atom. The van der Waals surface area contributed by atoms with Crippen molar-refractivity contribution in [2.24, 2.45) is 0 Å². The van der Waals surface area contributed by atoms with E-state index in [0.717, 1.165) is 25.1 Å². The summed E-state index contributed by atoms with van der Waals surface area (Å²) in [5, 5.41) is 0. The molecule has 0 radical (unpaired) electrons. The van der Waals surface area contributed by atoms with E-state index in [1.807, 2.05) is 26.1 Å². The molecule has 1 fully saturated rings. The first-order chi connectivity index (χ1) is 9.48. The number of aryl methyl sites for hydroxylation is 1. The van der Waals surface area contributed by atoms with Crippen LogP contribution >= 0.6 is 0 Å². The van der Waals surface area contributed by atoms with E-state index in [0.29, 0.717) is 18.8 Å². The van der Waals surface area contributed by atoms with Crippen LogP contribution in [-0.2, 0) is 16.4 Å². The smallest absolute Gasteiger partial charge is 0.246 e. The molecule has 0 amide bonds. The van der Waals surface area contributed by atoms with Gasteiger partial charge in [0.25, 0.3) is 0 Å². The van der Waals surface area contributed by atoms with Gasteiger partial charge in [0, 0.05) is 26.2 Å². The summed E-state index contributed by atoms with van der Waals surface area (Å²) in [7, 11) is 0.0407. The molecular formula is C14H22N2O3S. The summed E-state index contributed by atoms with van der Waals surface area (Å²) in [4.78, 5) is 2.39. The van der Waals surface area contributed by atoms with Gasteiger partial charge in [0.1, 0.15) is 10.6 Å². The zero-order valence-electron chi connectivity index (χ0n) is 12.3. The third kappa shape index (κ3) is 2.97. The SMILES string of the molecule is CCc1ccc(S(=O)(=O)N2CCN(C)CC2)c(OC)c1. The molecule has 1 saturated heterocycles. The van der Waals surface area contributed by atoms with E-state index in [4.69, 9.17) is 4.74 Å². The van der Waals surface area contributed by atoms with Gasteiger partial charge in [-0.3, -0.25) is 0 Å². The first kappa shape index (κ1) is 15.3. The Kier molecular flexibility index (Phi) is 4.67. The van der Waals surface area contributed by atoms with E-state index in [2.05, 4.69) is 4.90 Å². The molecule has 20 heavy (non-hydrogen) atoms. The molecule has 6 heteroatoms. The number of rotatable bonds is 4. The molecule has 1 heterocycles. The van der Waals surface area contributed by atoms with Gasteiger partial charge in [-0.05, 0) is 31.2 Å². The van der Waals surface area contributed by atoms with Crippen LogP contribution in [0.5, 0.6) is 5.75 Å². The highest BCUT2D eigenvalue weighted by Crippen LogP contribution is 2.28. The molecule has 0 unspecified atom stereocenters. The van der Waals surface area contributed by atoms with Crippen LogP contribution in [0.25, 0.3) is 0 Å². The topological polar surface area (TPSA) is 49.9 Å². The Bertz CT molecular complexity index is 564. The minimum Gasteiger partial charge on any atom is -0.495 e. The van der Waals surface area contributed by atoms with Crippen LogP contribution in [0.15, 0.2) is 23.1 Å². The molecule has 1 aromatic carbocycles. The highest BCUT2D eigenvalue weighted by atomic mass is 32.2. The van der Waals surface area contributed by atoms with Crippen molar-refractivity contribution in [3.05, 3.63) is 23.8 Å². The maximum Gasteiger partial charge on any atom is 0.246 e. The zero-order chi connectivity index (χ0) is 14.8. The standard InChI is InChI=1S/C14H22N2O3S/c1-4-12-5-6-14(13(11-12)19-3)20(17,18)16-9-7-15(2)8-10-16/h5-6,11H,4,7-10H2,1-3H3. The van der Waals surface area contributed by atoms with Crippen LogP contribution in [0.2, 0.25) is 0 Å².